The highest BCUT2D eigenvalue weighted by atomic mass is 16.5. The van der Waals surface area contributed by atoms with Crippen LogP contribution in [0.15, 0.2) is 54.6 Å². The van der Waals surface area contributed by atoms with Crippen LogP contribution in [-0.4, -0.2) is 30.8 Å². The maximum Gasteiger partial charge on any atom is 0.314 e. The number of ether oxygens (including phenoxy) is 1. The lowest BCUT2D eigenvalue weighted by Crippen LogP contribution is -2.39. The van der Waals surface area contributed by atoms with Gasteiger partial charge in [-0.05, 0) is 23.6 Å². The van der Waals surface area contributed by atoms with E-state index in [1.807, 2.05) is 61.5 Å². The third-order valence-corrected chi connectivity index (χ3v) is 3.65. The molecule has 1 atom stereocenters. The number of rotatable bonds is 8. The van der Waals surface area contributed by atoms with Gasteiger partial charge in [-0.2, -0.15) is 0 Å². The lowest BCUT2D eigenvalue weighted by Gasteiger charge is -2.15. The third kappa shape index (κ3) is 6.02. The molecule has 0 aromatic heterocycles. The van der Waals surface area contributed by atoms with Crippen molar-refractivity contribution in [1.29, 1.82) is 0 Å². The molecule has 0 aliphatic rings. The molecule has 0 fully saturated rings. The summed E-state index contributed by atoms with van der Waals surface area (Å²) in [7, 11) is 0. The molecule has 5 nitrogen and oxygen atoms in total. The van der Waals surface area contributed by atoms with Gasteiger partial charge >= 0.3 is 6.03 Å². The second kappa shape index (κ2) is 9.70. The van der Waals surface area contributed by atoms with Crippen LogP contribution in [0.4, 0.5) is 4.79 Å². The van der Waals surface area contributed by atoms with Crippen LogP contribution in [0.2, 0.25) is 0 Å². The standard InChI is InChI=1S/C19H24N2O3/c1-15-7-5-6-10-17(15)18(22)13-21-19(23)20-11-12-24-14-16-8-3-2-4-9-16/h2-10,18,22H,11-14H2,1H3,(H2,20,21,23). The van der Waals surface area contributed by atoms with Crippen molar-refractivity contribution in [3.05, 3.63) is 71.3 Å². The number of aliphatic hydroxyl groups excluding tert-OH is 1. The minimum atomic E-state index is -0.716. The average molecular weight is 328 g/mol. The van der Waals surface area contributed by atoms with Gasteiger partial charge in [-0.15, -0.1) is 0 Å². The normalized spacial score (nSPS) is 11.8. The average Bonchev–Trinajstić information content (AvgIpc) is 2.60. The molecule has 2 aromatic rings. The first-order valence-corrected chi connectivity index (χ1v) is 8.04. The van der Waals surface area contributed by atoms with Crippen LogP contribution in [0, 0.1) is 6.92 Å². The molecule has 0 radical (unpaired) electrons. The maximum atomic E-state index is 11.7. The highest BCUT2D eigenvalue weighted by Crippen LogP contribution is 2.15. The molecule has 3 N–H and O–H groups in total. The molecular formula is C19H24N2O3. The summed E-state index contributed by atoms with van der Waals surface area (Å²) >= 11 is 0. The fourth-order valence-corrected chi connectivity index (χ4v) is 2.32. The van der Waals surface area contributed by atoms with E-state index in [1.54, 1.807) is 0 Å². The van der Waals surface area contributed by atoms with Crippen LogP contribution >= 0.6 is 0 Å². The van der Waals surface area contributed by atoms with E-state index in [9.17, 15) is 9.90 Å². The number of urea groups is 1. The second-order valence-corrected chi connectivity index (χ2v) is 5.55. The molecule has 0 bridgehead atoms. The molecule has 128 valence electrons. The summed E-state index contributed by atoms with van der Waals surface area (Å²) in [5, 5.41) is 15.5. The minimum Gasteiger partial charge on any atom is -0.387 e. The molecule has 0 aliphatic carbocycles. The fourth-order valence-electron chi connectivity index (χ4n) is 2.32. The van der Waals surface area contributed by atoms with E-state index < -0.39 is 6.10 Å². The number of aliphatic hydroxyl groups is 1. The van der Waals surface area contributed by atoms with Crippen LogP contribution in [-0.2, 0) is 11.3 Å². The number of aryl methyl sites for hydroxylation is 1. The first kappa shape index (κ1) is 18.0. The van der Waals surface area contributed by atoms with Crippen molar-refractivity contribution < 1.29 is 14.6 Å². The summed E-state index contributed by atoms with van der Waals surface area (Å²) in [6.45, 7) is 3.47. The molecule has 0 saturated heterocycles. The predicted octanol–water partition coefficient (Wildman–Crippen LogP) is 2.54. The van der Waals surface area contributed by atoms with E-state index in [1.165, 1.54) is 0 Å². The number of amides is 2. The van der Waals surface area contributed by atoms with E-state index in [0.29, 0.717) is 19.8 Å². The SMILES string of the molecule is Cc1ccccc1C(O)CNC(=O)NCCOCc1ccccc1. The van der Waals surface area contributed by atoms with Gasteiger partial charge in [-0.1, -0.05) is 54.6 Å². The van der Waals surface area contributed by atoms with Crippen LogP contribution < -0.4 is 10.6 Å². The van der Waals surface area contributed by atoms with Gasteiger partial charge in [-0.25, -0.2) is 4.79 Å². The summed E-state index contributed by atoms with van der Waals surface area (Å²) in [5.74, 6) is 0. The zero-order valence-corrected chi connectivity index (χ0v) is 13.9. The Morgan fingerprint density at radius 3 is 2.54 bits per heavy atom. The summed E-state index contributed by atoms with van der Waals surface area (Å²) in [6.07, 6.45) is -0.716. The van der Waals surface area contributed by atoms with Gasteiger partial charge < -0.3 is 20.5 Å². The number of carbonyl (C=O) groups is 1. The summed E-state index contributed by atoms with van der Waals surface area (Å²) in [6, 6.07) is 17.1. The van der Waals surface area contributed by atoms with Crippen LogP contribution in [0.1, 0.15) is 22.8 Å². The highest BCUT2D eigenvalue weighted by Gasteiger charge is 2.10. The first-order valence-electron chi connectivity index (χ1n) is 8.04. The van der Waals surface area contributed by atoms with Crippen LogP contribution in [0.3, 0.4) is 0 Å². The highest BCUT2D eigenvalue weighted by molar-refractivity contribution is 5.73. The molecule has 0 spiro atoms. The lowest BCUT2D eigenvalue weighted by atomic mass is 10.0. The van der Waals surface area contributed by atoms with Crippen molar-refractivity contribution in [1.82, 2.24) is 10.6 Å². The van der Waals surface area contributed by atoms with E-state index >= 15 is 0 Å². The van der Waals surface area contributed by atoms with Gasteiger partial charge in [-0.3, -0.25) is 0 Å². The van der Waals surface area contributed by atoms with Crippen molar-refractivity contribution in [3.63, 3.8) is 0 Å². The fraction of sp³-hybridized carbons (Fsp3) is 0.316. The Kier molecular flexibility index (Phi) is 7.26. The van der Waals surface area contributed by atoms with E-state index in [-0.39, 0.29) is 12.6 Å². The van der Waals surface area contributed by atoms with Gasteiger partial charge in [0.1, 0.15) is 0 Å². The number of hydrogen-bond acceptors (Lipinski definition) is 3. The lowest BCUT2D eigenvalue weighted by molar-refractivity contribution is 0.123. The smallest absolute Gasteiger partial charge is 0.314 e. The van der Waals surface area contributed by atoms with Crippen molar-refractivity contribution in [2.24, 2.45) is 0 Å². The molecular weight excluding hydrogens is 304 g/mol. The molecule has 1 unspecified atom stereocenters. The predicted molar refractivity (Wildman–Crippen MR) is 93.6 cm³/mol. The molecule has 24 heavy (non-hydrogen) atoms. The first-order chi connectivity index (χ1) is 11.7. The molecule has 2 aromatic carbocycles. The van der Waals surface area contributed by atoms with Gasteiger partial charge in [0, 0.05) is 13.1 Å². The van der Waals surface area contributed by atoms with E-state index in [2.05, 4.69) is 10.6 Å². The van der Waals surface area contributed by atoms with Crippen molar-refractivity contribution in [2.75, 3.05) is 19.7 Å². The third-order valence-electron chi connectivity index (χ3n) is 3.65. The Morgan fingerprint density at radius 2 is 1.79 bits per heavy atom. The topological polar surface area (TPSA) is 70.6 Å². The Morgan fingerprint density at radius 1 is 1.08 bits per heavy atom. The van der Waals surface area contributed by atoms with E-state index in [4.69, 9.17) is 4.74 Å². The van der Waals surface area contributed by atoms with Crippen molar-refractivity contribution in [2.45, 2.75) is 19.6 Å². The zero-order chi connectivity index (χ0) is 17.2. The van der Waals surface area contributed by atoms with Crippen molar-refractivity contribution in [3.8, 4) is 0 Å². The van der Waals surface area contributed by atoms with Crippen LogP contribution in [0.5, 0.6) is 0 Å². The Labute approximate surface area is 142 Å². The number of hydrogen-bond donors (Lipinski definition) is 3. The monoisotopic (exact) mass is 328 g/mol. The van der Waals surface area contributed by atoms with Gasteiger partial charge in [0.25, 0.3) is 0 Å². The number of nitrogens with one attached hydrogen (secondary N) is 2. The largest absolute Gasteiger partial charge is 0.387 e. The molecule has 0 aliphatic heterocycles. The number of carbonyl (C=O) groups excluding carboxylic acids is 1. The second-order valence-electron chi connectivity index (χ2n) is 5.55. The summed E-state index contributed by atoms with van der Waals surface area (Å²) in [4.78, 5) is 11.7. The molecule has 2 rings (SSSR count). The van der Waals surface area contributed by atoms with Crippen molar-refractivity contribution >= 4 is 6.03 Å². The number of benzene rings is 2. The molecule has 2 amide bonds. The van der Waals surface area contributed by atoms with E-state index in [0.717, 1.165) is 16.7 Å². The molecule has 5 heteroatoms. The Balaban J connectivity index is 1.59. The summed E-state index contributed by atoms with van der Waals surface area (Å²) in [5.41, 5.74) is 2.92. The Hall–Kier alpha value is -2.37. The molecule has 0 saturated carbocycles. The van der Waals surface area contributed by atoms with Gasteiger partial charge in [0.05, 0.1) is 19.3 Å². The van der Waals surface area contributed by atoms with Crippen LogP contribution in [0.25, 0.3) is 0 Å². The van der Waals surface area contributed by atoms with Gasteiger partial charge in [0.15, 0.2) is 0 Å². The zero-order valence-electron chi connectivity index (χ0n) is 13.9. The quantitative estimate of drug-likeness (QED) is 0.652. The van der Waals surface area contributed by atoms with Gasteiger partial charge in [0.2, 0.25) is 0 Å². The Bertz CT molecular complexity index is 632. The maximum absolute atomic E-state index is 11.7. The minimum absolute atomic E-state index is 0.168. The molecule has 0 heterocycles. The summed E-state index contributed by atoms with van der Waals surface area (Å²) < 4.78 is 5.49.